The first-order valence-corrected chi connectivity index (χ1v) is 9.49. The third-order valence-electron chi connectivity index (χ3n) is 5.37. The van der Waals surface area contributed by atoms with Gasteiger partial charge in [0.1, 0.15) is 5.75 Å². The van der Waals surface area contributed by atoms with E-state index in [1.807, 2.05) is 13.0 Å². The lowest BCUT2D eigenvalue weighted by Crippen LogP contribution is -2.42. The first kappa shape index (κ1) is 17.1. The van der Waals surface area contributed by atoms with E-state index in [2.05, 4.69) is 28.2 Å². The lowest BCUT2D eigenvalue weighted by atomic mass is 9.84. The van der Waals surface area contributed by atoms with Gasteiger partial charge in [0.25, 0.3) is 5.91 Å². The fraction of sp³-hybridized carbons (Fsp3) is 0.611. The van der Waals surface area contributed by atoms with E-state index in [4.69, 9.17) is 16.3 Å². The summed E-state index contributed by atoms with van der Waals surface area (Å²) in [7, 11) is 0. The maximum atomic E-state index is 12.2. The van der Waals surface area contributed by atoms with Crippen LogP contribution in [0.5, 0.6) is 5.75 Å². The first-order chi connectivity index (χ1) is 10.9. The van der Waals surface area contributed by atoms with Crippen molar-refractivity contribution in [2.75, 3.05) is 6.61 Å². The van der Waals surface area contributed by atoms with E-state index < -0.39 is 0 Å². The van der Waals surface area contributed by atoms with Crippen molar-refractivity contribution in [1.82, 2.24) is 5.32 Å². The van der Waals surface area contributed by atoms with Crippen molar-refractivity contribution in [2.45, 2.75) is 45.6 Å². The van der Waals surface area contributed by atoms with Crippen LogP contribution in [0.1, 0.15) is 38.2 Å². The highest BCUT2D eigenvalue weighted by molar-refractivity contribution is 9.10. The maximum absolute atomic E-state index is 12.2. The SMILES string of the molecule is Cc1cc(Br)cc(Cl)c1OCC(=O)N[C@H](C)[C@H]1C[C@H]2CC[C@H]1C2. The van der Waals surface area contributed by atoms with E-state index in [1.165, 1.54) is 25.7 Å². The minimum atomic E-state index is -0.0707. The normalized spacial score (nSPS) is 27.0. The van der Waals surface area contributed by atoms with Gasteiger partial charge >= 0.3 is 0 Å². The third kappa shape index (κ3) is 3.85. The maximum Gasteiger partial charge on any atom is 0.258 e. The summed E-state index contributed by atoms with van der Waals surface area (Å²) < 4.78 is 6.55. The van der Waals surface area contributed by atoms with Gasteiger partial charge in [0.2, 0.25) is 0 Å². The molecule has 4 atom stereocenters. The summed E-state index contributed by atoms with van der Waals surface area (Å²) in [6.45, 7) is 4.05. The molecule has 1 aromatic carbocycles. The van der Waals surface area contributed by atoms with Crippen molar-refractivity contribution < 1.29 is 9.53 Å². The van der Waals surface area contributed by atoms with E-state index in [0.29, 0.717) is 16.7 Å². The predicted octanol–water partition coefficient (Wildman–Crippen LogP) is 4.73. The molecule has 0 aromatic heterocycles. The van der Waals surface area contributed by atoms with Crippen LogP contribution < -0.4 is 10.1 Å². The van der Waals surface area contributed by atoms with Gasteiger partial charge in [0.05, 0.1) is 5.02 Å². The van der Waals surface area contributed by atoms with Crippen molar-refractivity contribution in [1.29, 1.82) is 0 Å². The molecule has 0 spiro atoms. The zero-order chi connectivity index (χ0) is 16.6. The van der Waals surface area contributed by atoms with Crippen LogP contribution in [0.4, 0.5) is 0 Å². The molecule has 0 aliphatic heterocycles. The second-order valence-corrected chi connectivity index (χ2v) is 8.34. The molecule has 1 aromatic rings. The topological polar surface area (TPSA) is 38.3 Å². The molecule has 2 aliphatic rings. The number of carbonyl (C=O) groups is 1. The molecule has 0 unspecified atom stereocenters. The summed E-state index contributed by atoms with van der Waals surface area (Å²) in [5.74, 6) is 2.84. The van der Waals surface area contributed by atoms with Gasteiger partial charge in [-0.1, -0.05) is 34.0 Å². The highest BCUT2D eigenvalue weighted by atomic mass is 79.9. The Labute approximate surface area is 151 Å². The van der Waals surface area contributed by atoms with Crippen molar-refractivity contribution in [3.63, 3.8) is 0 Å². The molecular formula is C18H23BrClNO2. The standard InChI is InChI=1S/C18H23BrClNO2/c1-10-5-14(19)8-16(20)18(10)23-9-17(22)21-11(2)15-7-12-3-4-13(15)6-12/h5,8,11-13,15H,3-4,6-7,9H2,1-2H3,(H,21,22)/t11-,12+,13+,15-/m1/s1. The summed E-state index contributed by atoms with van der Waals surface area (Å²) >= 11 is 9.58. The fourth-order valence-electron chi connectivity index (χ4n) is 4.32. The Balaban J connectivity index is 1.52. The molecule has 3 nitrogen and oxygen atoms in total. The quantitative estimate of drug-likeness (QED) is 0.776. The zero-order valence-corrected chi connectivity index (χ0v) is 15.9. The molecule has 3 rings (SSSR count). The average Bonchev–Trinajstić information content (AvgIpc) is 3.08. The van der Waals surface area contributed by atoms with Crippen LogP contribution >= 0.6 is 27.5 Å². The summed E-state index contributed by atoms with van der Waals surface area (Å²) in [5, 5.41) is 3.63. The number of amides is 1. The van der Waals surface area contributed by atoms with E-state index in [1.54, 1.807) is 6.07 Å². The van der Waals surface area contributed by atoms with Crippen LogP contribution in [0.25, 0.3) is 0 Å². The van der Waals surface area contributed by atoms with Crippen LogP contribution in [-0.4, -0.2) is 18.6 Å². The average molecular weight is 401 g/mol. The molecule has 0 saturated heterocycles. The van der Waals surface area contributed by atoms with E-state index in [0.717, 1.165) is 21.9 Å². The summed E-state index contributed by atoms with van der Waals surface area (Å²) in [4.78, 5) is 12.2. The van der Waals surface area contributed by atoms with E-state index >= 15 is 0 Å². The highest BCUT2D eigenvalue weighted by Gasteiger charge is 2.42. The number of hydrogen-bond donors (Lipinski definition) is 1. The number of nitrogens with one attached hydrogen (secondary N) is 1. The zero-order valence-electron chi connectivity index (χ0n) is 13.6. The summed E-state index contributed by atoms with van der Waals surface area (Å²) in [6, 6.07) is 3.93. The highest BCUT2D eigenvalue weighted by Crippen LogP contribution is 2.49. The van der Waals surface area contributed by atoms with Gasteiger partial charge in [-0.25, -0.2) is 0 Å². The number of ether oxygens (including phenoxy) is 1. The Bertz CT molecular complexity index is 584. The molecule has 1 N–H and O–H groups in total. The molecule has 23 heavy (non-hydrogen) atoms. The largest absolute Gasteiger partial charge is 0.482 e. The Morgan fingerprint density at radius 3 is 2.83 bits per heavy atom. The lowest BCUT2D eigenvalue weighted by molar-refractivity contribution is -0.124. The molecule has 1 amide bonds. The predicted molar refractivity (Wildman–Crippen MR) is 95.9 cm³/mol. The molecular weight excluding hydrogens is 378 g/mol. The second kappa shape index (κ2) is 7.02. The number of fused-ring (bicyclic) bond motifs is 2. The van der Waals surface area contributed by atoms with E-state index in [9.17, 15) is 4.79 Å². The first-order valence-electron chi connectivity index (χ1n) is 8.32. The van der Waals surface area contributed by atoms with Crippen LogP contribution in [0.3, 0.4) is 0 Å². The molecule has 2 fully saturated rings. The smallest absolute Gasteiger partial charge is 0.258 e. The van der Waals surface area contributed by atoms with Crippen LogP contribution in [0.15, 0.2) is 16.6 Å². The Kier molecular flexibility index (Phi) is 5.22. The van der Waals surface area contributed by atoms with Gasteiger partial charge in [0, 0.05) is 10.5 Å². The van der Waals surface area contributed by atoms with Crippen molar-refractivity contribution in [3.05, 3.63) is 27.2 Å². The summed E-state index contributed by atoms with van der Waals surface area (Å²) in [6.07, 6.45) is 5.34. The third-order valence-corrected chi connectivity index (χ3v) is 6.10. The molecule has 2 aliphatic carbocycles. The van der Waals surface area contributed by atoms with Crippen LogP contribution in [0, 0.1) is 24.7 Å². The molecule has 0 radical (unpaired) electrons. The lowest BCUT2D eigenvalue weighted by Gasteiger charge is -2.28. The van der Waals surface area contributed by atoms with Gasteiger partial charge in [-0.15, -0.1) is 0 Å². The molecule has 0 heterocycles. The van der Waals surface area contributed by atoms with Gasteiger partial charge in [-0.3, -0.25) is 4.79 Å². The van der Waals surface area contributed by atoms with Crippen LogP contribution in [-0.2, 0) is 4.79 Å². The van der Waals surface area contributed by atoms with Crippen molar-refractivity contribution >= 4 is 33.4 Å². The Morgan fingerprint density at radius 2 is 2.22 bits per heavy atom. The monoisotopic (exact) mass is 399 g/mol. The number of benzene rings is 1. The van der Waals surface area contributed by atoms with Gasteiger partial charge in [-0.2, -0.15) is 0 Å². The van der Waals surface area contributed by atoms with Gasteiger partial charge < -0.3 is 10.1 Å². The number of carbonyl (C=O) groups excluding carboxylic acids is 1. The van der Waals surface area contributed by atoms with E-state index in [-0.39, 0.29) is 18.6 Å². The Morgan fingerprint density at radius 1 is 1.43 bits per heavy atom. The number of halogens is 2. The Hall–Kier alpha value is -0.740. The fourth-order valence-corrected chi connectivity index (χ4v) is 5.34. The van der Waals surface area contributed by atoms with Gasteiger partial charge in [0.15, 0.2) is 6.61 Å². The van der Waals surface area contributed by atoms with Crippen LogP contribution in [0.2, 0.25) is 5.02 Å². The second-order valence-electron chi connectivity index (χ2n) is 7.02. The van der Waals surface area contributed by atoms with Gasteiger partial charge in [-0.05, 0) is 68.6 Å². The minimum Gasteiger partial charge on any atom is -0.482 e. The molecule has 5 heteroatoms. The molecule has 2 saturated carbocycles. The summed E-state index contributed by atoms with van der Waals surface area (Å²) in [5.41, 5.74) is 0.915. The minimum absolute atomic E-state index is 0.00729. The van der Waals surface area contributed by atoms with Crippen molar-refractivity contribution in [2.24, 2.45) is 17.8 Å². The van der Waals surface area contributed by atoms with Crippen molar-refractivity contribution in [3.8, 4) is 5.75 Å². The molecule has 126 valence electrons. The molecule has 2 bridgehead atoms. The number of aryl methyl sites for hydroxylation is 1. The number of rotatable bonds is 5. The number of hydrogen-bond acceptors (Lipinski definition) is 2.